The van der Waals surface area contributed by atoms with Crippen LogP contribution in [-0.4, -0.2) is 41.5 Å². The van der Waals surface area contributed by atoms with E-state index < -0.39 is 0 Å². The van der Waals surface area contributed by atoms with Gasteiger partial charge < -0.3 is 14.6 Å². The quantitative estimate of drug-likeness (QED) is 0.587. The fraction of sp³-hybridized carbons (Fsp3) is 0.333. The summed E-state index contributed by atoms with van der Waals surface area (Å²) in [4.78, 5) is 31.6. The second-order valence-corrected chi connectivity index (χ2v) is 8.56. The maximum atomic E-state index is 13.1. The van der Waals surface area contributed by atoms with Crippen LogP contribution in [0.25, 0.3) is 10.9 Å². The monoisotopic (exact) mass is 422 g/mol. The van der Waals surface area contributed by atoms with Crippen molar-refractivity contribution < 1.29 is 14.3 Å². The Balaban J connectivity index is 1.50. The van der Waals surface area contributed by atoms with Crippen LogP contribution in [-0.2, 0) is 20.7 Å². The van der Waals surface area contributed by atoms with Gasteiger partial charge in [-0.3, -0.25) is 9.59 Å². The first-order valence-electron chi connectivity index (χ1n) is 10.4. The molecule has 1 aromatic heterocycles. The predicted molar refractivity (Wildman–Crippen MR) is 119 cm³/mol. The number of carbonyl (C=O) groups is 2. The molecular weight excluding hydrogens is 396 g/mol. The lowest BCUT2D eigenvalue weighted by Gasteiger charge is -2.31. The van der Waals surface area contributed by atoms with Gasteiger partial charge >= 0.3 is 5.97 Å². The number of likely N-dealkylation sites (tertiary alicyclic amines) is 1. The van der Waals surface area contributed by atoms with Crippen LogP contribution >= 0.6 is 11.8 Å². The fourth-order valence-corrected chi connectivity index (χ4v) is 4.93. The number of rotatable bonds is 6. The Labute approximate surface area is 180 Å². The number of piperidine rings is 1. The molecule has 6 heteroatoms. The van der Waals surface area contributed by atoms with Crippen LogP contribution in [0, 0.1) is 5.92 Å². The molecule has 5 nitrogen and oxygen atoms in total. The molecule has 1 N–H and O–H groups in total. The second kappa shape index (κ2) is 9.39. The van der Waals surface area contributed by atoms with Gasteiger partial charge in [0.2, 0.25) is 5.91 Å². The topological polar surface area (TPSA) is 62.4 Å². The second-order valence-electron chi connectivity index (χ2n) is 7.48. The van der Waals surface area contributed by atoms with Gasteiger partial charge in [0.05, 0.1) is 24.0 Å². The number of hydrogen-bond donors (Lipinski definition) is 1. The number of H-pyrrole nitrogens is 1. The predicted octanol–water partition coefficient (Wildman–Crippen LogP) is 4.66. The lowest BCUT2D eigenvalue weighted by molar-refractivity contribution is -0.151. The van der Waals surface area contributed by atoms with Crippen molar-refractivity contribution in [2.45, 2.75) is 36.1 Å². The van der Waals surface area contributed by atoms with Gasteiger partial charge in [-0.15, -0.1) is 0 Å². The van der Waals surface area contributed by atoms with Gasteiger partial charge in [-0.05, 0) is 38.0 Å². The highest BCUT2D eigenvalue weighted by Crippen LogP contribution is 2.35. The van der Waals surface area contributed by atoms with Crippen LogP contribution < -0.4 is 0 Å². The van der Waals surface area contributed by atoms with Gasteiger partial charge in [-0.1, -0.05) is 48.2 Å². The van der Waals surface area contributed by atoms with E-state index in [2.05, 4.69) is 23.2 Å². The van der Waals surface area contributed by atoms with E-state index in [-0.39, 0.29) is 17.8 Å². The number of aromatic nitrogens is 1. The third-order valence-electron chi connectivity index (χ3n) is 5.53. The van der Waals surface area contributed by atoms with Crippen LogP contribution in [0.2, 0.25) is 0 Å². The molecule has 156 valence electrons. The van der Waals surface area contributed by atoms with Crippen LogP contribution in [0.1, 0.15) is 25.3 Å². The third kappa shape index (κ3) is 4.54. The Bertz CT molecular complexity index is 1020. The van der Waals surface area contributed by atoms with Crippen molar-refractivity contribution in [2.24, 2.45) is 5.92 Å². The first-order chi connectivity index (χ1) is 14.7. The van der Waals surface area contributed by atoms with Gasteiger partial charge in [-0.25, -0.2) is 0 Å². The Hall–Kier alpha value is -2.73. The molecule has 0 radical (unpaired) electrons. The normalized spacial score (nSPS) is 14.8. The van der Waals surface area contributed by atoms with E-state index in [4.69, 9.17) is 4.74 Å². The summed E-state index contributed by atoms with van der Waals surface area (Å²) < 4.78 is 5.13. The molecule has 1 saturated heterocycles. The van der Waals surface area contributed by atoms with E-state index >= 15 is 0 Å². The Morgan fingerprint density at radius 1 is 1.07 bits per heavy atom. The fourth-order valence-electron chi connectivity index (χ4n) is 3.93. The summed E-state index contributed by atoms with van der Waals surface area (Å²) in [7, 11) is 0. The van der Waals surface area contributed by atoms with E-state index in [0.717, 1.165) is 26.4 Å². The molecule has 0 spiro atoms. The number of esters is 1. The van der Waals surface area contributed by atoms with Gasteiger partial charge in [0.15, 0.2) is 0 Å². The summed E-state index contributed by atoms with van der Waals surface area (Å²) in [6, 6.07) is 18.3. The first kappa shape index (κ1) is 20.5. The molecule has 1 aliphatic rings. The van der Waals surface area contributed by atoms with Crippen molar-refractivity contribution in [2.75, 3.05) is 19.7 Å². The molecule has 0 unspecified atom stereocenters. The molecule has 1 fully saturated rings. The average molecular weight is 423 g/mol. The van der Waals surface area contributed by atoms with Crippen molar-refractivity contribution >= 4 is 34.5 Å². The van der Waals surface area contributed by atoms with Crippen LogP contribution in [0.5, 0.6) is 0 Å². The summed E-state index contributed by atoms with van der Waals surface area (Å²) in [5.41, 5.74) is 2.08. The van der Waals surface area contributed by atoms with E-state index in [0.29, 0.717) is 39.0 Å². The Kier molecular flexibility index (Phi) is 6.43. The van der Waals surface area contributed by atoms with E-state index in [9.17, 15) is 9.59 Å². The number of carbonyl (C=O) groups excluding carboxylic acids is 2. The number of fused-ring (bicyclic) bond motifs is 1. The standard InChI is InChI=1S/C24H26N2O3S/c1-2-29-24(28)17-12-14-26(15-13-17)22(27)16-20-19-10-6-7-11-21(19)25-23(20)30-18-8-4-3-5-9-18/h3-11,17,25H,2,12-16H2,1H3. The molecule has 0 atom stereocenters. The molecule has 2 aromatic carbocycles. The number of aromatic amines is 1. The highest BCUT2D eigenvalue weighted by Gasteiger charge is 2.29. The number of ether oxygens (including phenoxy) is 1. The van der Waals surface area contributed by atoms with Crippen molar-refractivity contribution in [3.8, 4) is 0 Å². The van der Waals surface area contributed by atoms with Crippen LogP contribution in [0.4, 0.5) is 0 Å². The number of para-hydroxylation sites is 1. The summed E-state index contributed by atoms with van der Waals surface area (Å²) >= 11 is 1.65. The van der Waals surface area contributed by atoms with Crippen molar-refractivity contribution in [3.05, 3.63) is 60.2 Å². The highest BCUT2D eigenvalue weighted by molar-refractivity contribution is 7.99. The van der Waals surface area contributed by atoms with E-state index in [1.54, 1.807) is 11.8 Å². The molecule has 30 heavy (non-hydrogen) atoms. The number of amides is 1. The van der Waals surface area contributed by atoms with Crippen LogP contribution in [0.3, 0.4) is 0 Å². The van der Waals surface area contributed by atoms with Crippen molar-refractivity contribution in [1.82, 2.24) is 9.88 Å². The van der Waals surface area contributed by atoms with Gasteiger partial charge in [0.1, 0.15) is 0 Å². The molecule has 0 aliphatic carbocycles. The Morgan fingerprint density at radius 3 is 2.50 bits per heavy atom. The van der Waals surface area contributed by atoms with Crippen LogP contribution in [0.15, 0.2) is 64.5 Å². The van der Waals surface area contributed by atoms with E-state index in [1.807, 2.05) is 48.2 Å². The third-order valence-corrected chi connectivity index (χ3v) is 6.59. The van der Waals surface area contributed by atoms with Gasteiger partial charge in [0.25, 0.3) is 0 Å². The van der Waals surface area contributed by atoms with Gasteiger partial charge in [-0.2, -0.15) is 0 Å². The largest absolute Gasteiger partial charge is 0.466 e. The minimum atomic E-state index is -0.136. The number of benzene rings is 2. The zero-order chi connectivity index (χ0) is 20.9. The smallest absolute Gasteiger partial charge is 0.309 e. The Morgan fingerprint density at radius 2 is 1.77 bits per heavy atom. The maximum Gasteiger partial charge on any atom is 0.309 e. The lowest BCUT2D eigenvalue weighted by Crippen LogP contribution is -2.41. The molecule has 0 bridgehead atoms. The summed E-state index contributed by atoms with van der Waals surface area (Å²) in [5, 5.41) is 2.10. The maximum absolute atomic E-state index is 13.1. The molecule has 3 aromatic rings. The average Bonchev–Trinajstić information content (AvgIpc) is 3.11. The zero-order valence-electron chi connectivity index (χ0n) is 17.1. The molecule has 1 aliphatic heterocycles. The number of nitrogens with one attached hydrogen (secondary N) is 1. The molecule has 4 rings (SSSR count). The summed E-state index contributed by atoms with van der Waals surface area (Å²) in [6.07, 6.45) is 1.69. The lowest BCUT2D eigenvalue weighted by atomic mass is 9.96. The number of nitrogens with zero attached hydrogens (tertiary/aromatic N) is 1. The minimum absolute atomic E-state index is 0.0914. The SMILES string of the molecule is CCOC(=O)C1CCN(C(=O)Cc2c(Sc3ccccc3)[nH]c3ccccc23)CC1. The molecule has 1 amide bonds. The van der Waals surface area contributed by atoms with Gasteiger partial charge in [0, 0.05) is 34.5 Å². The van der Waals surface area contributed by atoms with E-state index in [1.165, 1.54) is 0 Å². The first-order valence-corrected chi connectivity index (χ1v) is 11.2. The number of hydrogen-bond acceptors (Lipinski definition) is 4. The molecule has 2 heterocycles. The molecular formula is C24H26N2O3S. The highest BCUT2D eigenvalue weighted by atomic mass is 32.2. The zero-order valence-corrected chi connectivity index (χ0v) is 17.9. The summed E-state index contributed by atoms with van der Waals surface area (Å²) in [5.74, 6) is -0.119. The minimum Gasteiger partial charge on any atom is -0.466 e. The van der Waals surface area contributed by atoms with Crippen molar-refractivity contribution in [1.29, 1.82) is 0 Å². The van der Waals surface area contributed by atoms with Crippen molar-refractivity contribution in [3.63, 3.8) is 0 Å². The molecule has 0 saturated carbocycles. The summed E-state index contributed by atoms with van der Waals surface area (Å²) in [6.45, 7) is 3.43.